The number of hydrogen-bond acceptors (Lipinski definition) is 5. The van der Waals surface area contributed by atoms with E-state index < -0.39 is 5.91 Å². The van der Waals surface area contributed by atoms with Crippen LogP contribution in [0.15, 0.2) is 71.7 Å². The highest BCUT2D eigenvalue weighted by atomic mass is 32.2. The summed E-state index contributed by atoms with van der Waals surface area (Å²) in [5, 5.41) is 1.08. The standard InChI is InChI=1S/C20H16N2O3S2/c1-25-16-12-6-5-11-15(16)18(23)21-22-19(24)17(27-20(22)26)13-7-10-14-8-3-2-4-9-14/h2-13H,1H3,(H,21,23)/b10-7-,17-13+. The highest BCUT2D eigenvalue weighted by Crippen LogP contribution is 2.30. The van der Waals surface area contributed by atoms with Crippen molar-refractivity contribution in [3.63, 3.8) is 0 Å². The molecule has 1 N–H and O–H groups in total. The van der Waals surface area contributed by atoms with Crippen molar-refractivity contribution in [2.75, 3.05) is 7.11 Å². The Bertz CT molecular complexity index is 939. The van der Waals surface area contributed by atoms with Crippen molar-refractivity contribution in [3.05, 3.63) is 82.8 Å². The molecule has 0 aromatic heterocycles. The van der Waals surface area contributed by atoms with Crippen LogP contribution in [0.4, 0.5) is 0 Å². The molecule has 3 rings (SSSR count). The fraction of sp³-hybridized carbons (Fsp3) is 0.0500. The van der Waals surface area contributed by atoms with Crippen LogP contribution in [-0.4, -0.2) is 28.3 Å². The van der Waals surface area contributed by atoms with Gasteiger partial charge in [-0.05, 0) is 36.0 Å². The maximum absolute atomic E-state index is 12.5. The molecule has 0 unspecified atom stereocenters. The third kappa shape index (κ3) is 4.45. The van der Waals surface area contributed by atoms with Gasteiger partial charge in [-0.15, -0.1) is 0 Å². The zero-order chi connectivity index (χ0) is 19.2. The van der Waals surface area contributed by atoms with Crippen LogP contribution in [-0.2, 0) is 4.79 Å². The van der Waals surface area contributed by atoms with Crippen molar-refractivity contribution < 1.29 is 14.3 Å². The summed E-state index contributed by atoms with van der Waals surface area (Å²) in [6.07, 6.45) is 5.35. The van der Waals surface area contributed by atoms with Gasteiger partial charge in [0.2, 0.25) is 0 Å². The number of benzene rings is 2. The third-order valence-corrected chi connectivity index (χ3v) is 5.01. The molecule has 5 nitrogen and oxygen atoms in total. The van der Waals surface area contributed by atoms with Crippen molar-refractivity contribution in [1.82, 2.24) is 10.4 Å². The fourth-order valence-electron chi connectivity index (χ4n) is 2.38. The molecule has 7 heteroatoms. The van der Waals surface area contributed by atoms with Gasteiger partial charge in [0.1, 0.15) is 5.75 Å². The summed E-state index contributed by atoms with van der Waals surface area (Å²) < 4.78 is 5.44. The molecule has 0 radical (unpaired) electrons. The molecular formula is C20H16N2O3S2. The molecule has 1 aliphatic heterocycles. The van der Waals surface area contributed by atoms with Crippen molar-refractivity contribution >= 4 is 46.2 Å². The van der Waals surface area contributed by atoms with Gasteiger partial charge in [-0.25, -0.2) is 0 Å². The summed E-state index contributed by atoms with van der Waals surface area (Å²) in [7, 11) is 1.48. The van der Waals surface area contributed by atoms with E-state index in [1.54, 1.807) is 36.4 Å². The van der Waals surface area contributed by atoms with E-state index in [9.17, 15) is 9.59 Å². The number of amides is 2. The maximum Gasteiger partial charge on any atom is 0.285 e. The van der Waals surface area contributed by atoms with Crippen LogP contribution >= 0.6 is 24.0 Å². The average Bonchev–Trinajstić information content (AvgIpc) is 2.96. The Morgan fingerprint density at radius 3 is 2.59 bits per heavy atom. The SMILES string of the molecule is COc1ccccc1C(=O)NN1C(=O)/C(=C\C=C/c2ccccc2)SC1=S. The second-order valence-electron chi connectivity index (χ2n) is 5.45. The Morgan fingerprint density at radius 2 is 1.85 bits per heavy atom. The highest BCUT2D eigenvalue weighted by Gasteiger charge is 2.33. The molecule has 1 aliphatic rings. The van der Waals surface area contributed by atoms with Gasteiger partial charge in [0.15, 0.2) is 4.32 Å². The number of carbonyl (C=O) groups excluding carboxylic acids is 2. The number of allylic oxidation sites excluding steroid dienone is 2. The van der Waals surface area contributed by atoms with Crippen LogP contribution in [0.3, 0.4) is 0 Å². The number of thioether (sulfide) groups is 1. The van der Waals surface area contributed by atoms with Gasteiger partial charge in [0.25, 0.3) is 11.8 Å². The lowest BCUT2D eigenvalue weighted by molar-refractivity contribution is -0.123. The van der Waals surface area contributed by atoms with E-state index in [0.717, 1.165) is 22.3 Å². The summed E-state index contributed by atoms with van der Waals surface area (Å²) in [4.78, 5) is 25.5. The minimum absolute atomic E-state index is 0.266. The normalized spacial score (nSPS) is 15.6. The molecular weight excluding hydrogens is 380 g/mol. The zero-order valence-corrected chi connectivity index (χ0v) is 16.0. The second-order valence-corrected chi connectivity index (χ2v) is 7.13. The highest BCUT2D eigenvalue weighted by molar-refractivity contribution is 8.26. The minimum atomic E-state index is -0.468. The molecule has 27 heavy (non-hydrogen) atoms. The monoisotopic (exact) mass is 396 g/mol. The van der Waals surface area contributed by atoms with Crippen molar-refractivity contribution in [3.8, 4) is 5.75 Å². The number of hydrazine groups is 1. The van der Waals surface area contributed by atoms with Gasteiger partial charge in [0, 0.05) is 0 Å². The van der Waals surface area contributed by atoms with Gasteiger partial charge in [-0.1, -0.05) is 66.4 Å². The first kappa shape index (κ1) is 18.9. The molecule has 0 aliphatic carbocycles. The minimum Gasteiger partial charge on any atom is -0.496 e. The maximum atomic E-state index is 12.5. The van der Waals surface area contributed by atoms with Gasteiger partial charge in [-0.3, -0.25) is 15.0 Å². The predicted octanol–water partition coefficient (Wildman–Crippen LogP) is 3.80. The quantitative estimate of drug-likeness (QED) is 0.615. The number of thiocarbonyl (C=S) groups is 1. The zero-order valence-electron chi connectivity index (χ0n) is 14.4. The number of methoxy groups -OCH3 is 1. The molecule has 2 aromatic carbocycles. The molecule has 136 valence electrons. The molecule has 1 fully saturated rings. The van der Waals surface area contributed by atoms with E-state index in [0.29, 0.717) is 16.2 Å². The Hall–Kier alpha value is -2.90. The molecule has 2 amide bonds. The summed E-state index contributed by atoms with van der Waals surface area (Å²) in [5.74, 6) is -0.419. The number of rotatable bonds is 5. The van der Waals surface area contributed by atoms with Gasteiger partial charge >= 0.3 is 0 Å². The van der Waals surface area contributed by atoms with Gasteiger partial charge in [0.05, 0.1) is 17.6 Å². The van der Waals surface area contributed by atoms with E-state index >= 15 is 0 Å². The third-order valence-electron chi connectivity index (χ3n) is 3.69. The lowest BCUT2D eigenvalue weighted by Crippen LogP contribution is -2.44. The van der Waals surface area contributed by atoms with E-state index in [-0.39, 0.29) is 10.2 Å². The van der Waals surface area contributed by atoms with Crippen LogP contribution in [0.1, 0.15) is 15.9 Å². The van der Waals surface area contributed by atoms with Gasteiger partial charge < -0.3 is 4.74 Å². The number of ether oxygens (including phenoxy) is 1. The second kappa shape index (κ2) is 8.66. The summed E-state index contributed by atoms with van der Waals surface area (Å²) in [6, 6.07) is 16.5. The summed E-state index contributed by atoms with van der Waals surface area (Å²) in [5.41, 5.74) is 3.89. The van der Waals surface area contributed by atoms with Crippen molar-refractivity contribution in [2.45, 2.75) is 0 Å². The molecule has 0 bridgehead atoms. The smallest absolute Gasteiger partial charge is 0.285 e. The van der Waals surface area contributed by atoms with Crippen LogP contribution in [0, 0.1) is 0 Å². The molecule has 0 spiro atoms. The molecule has 2 aromatic rings. The molecule has 0 saturated carbocycles. The van der Waals surface area contributed by atoms with Crippen molar-refractivity contribution in [1.29, 1.82) is 0 Å². The predicted molar refractivity (Wildman–Crippen MR) is 111 cm³/mol. The first-order valence-electron chi connectivity index (χ1n) is 8.04. The Balaban J connectivity index is 1.71. The number of carbonyl (C=O) groups is 2. The Labute approximate surface area is 166 Å². The number of para-hydroxylation sites is 1. The fourth-order valence-corrected chi connectivity index (χ4v) is 3.51. The Morgan fingerprint density at radius 1 is 1.15 bits per heavy atom. The molecule has 1 saturated heterocycles. The van der Waals surface area contributed by atoms with E-state index in [4.69, 9.17) is 17.0 Å². The Kier molecular flexibility index (Phi) is 6.05. The number of nitrogens with one attached hydrogen (secondary N) is 1. The molecule has 1 heterocycles. The first-order chi connectivity index (χ1) is 13.1. The van der Waals surface area contributed by atoms with E-state index in [1.807, 2.05) is 36.4 Å². The lowest BCUT2D eigenvalue weighted by atomic mass is 10.2. The van der Waals surface area contributed by atoms with Crippen molar-refractivity contribution in [2.24, 2.45) is 0 Å². The lowest BCUT2D eigenvalue weighted by Gasteiger charge is -2.16. The van der Waals surface area contributed by atoms with E-state index in [1.165, 1.54) is 7.11 Å². The largest absolute Gasteiger partial charge is 0.496 e. The van der Waals surface area contributed by atoms with Crippen LogP contribution < -0.4 is 10.2 Å². The summed E-state index contributed by atoms with van der Waals surface area (Å²) >= 11 is 6.36. The van der Waals surface area contributed by atoms with Crippen LogP contribution in [0.5, 0.6) is 5.75 Å². The first-order valence-corrected chi connectivity index (χ1v) is 9.26. The average molecular weight is 396 g/mol. The number of nitrogens with zero attached hydrogens (tertiary/aromatic N) is 1. The summed E-state index contributed by atoms with van der Waals surface area (Å²) in [6.45, 7) is 0. The van der Waals surface area contributed by atoms with Crippen LogP contribution in [0.25, 0.3) is 6.08 Å². The van der Waals surface area contributed by atoms with Crippen LogP contribution in [0.2, 0.25) is 0 Å². The van der Waals surface area contributed by atoms with E-state index in [2.05, 4.69) is 5.43 Å². The number of hydrogen-bond donors (Lipinski definition) is 1. The van der Waals surface area contributed by atoms with Gasteiger partial charge in [-0.2, -0.15) is 5.01 Å². The molecule has 0 atom stereocenters. The topological polar surface area (TPSA) is 58.6 Å².